The van der Waals surface area contributed by atoms with Crippen LogP contribution in [0.5, 0.6) is 5.75 Å². The number of carbonyl (C=O) groups is 1. The number of carboxylic acid groups (broad SMARTS) is 1. The Hall–Kier alpha value is -3.08. The normalized spacial score (nSPS) is 10.6. The number of nitrogens with zero attached hydrogens (tertiary/aromatic N) is 2. The summed E-state index contributed by atoms with van der Waals surface area (Å²) in [7, 11) is 0. The summed E-state index contributed by atoms with van der Waals surface area (Å²) in [6.45, 7) is 1.20. The second-order valence-corrected chi connectivity index (χ2v) is 6.12. The van der Waals surface area contributed by atoms with Crippen LogP contribution in [0.4, 0.5) is 0 Å². The maximum absolute atomic E-state index is 10.9. The molecule has 3 rings (SSSR count). The highest BCUT2D eigenvalue weighted by molar-refractivity contribution is 5.67. The molecule has 0 atom stereocenters. The Labute approximate surface area is 152 Å². The molecule has 0 radical (unpaired) electrons. The molecule has 5 heteroatoms. The molecule has 0 saturated carbocycles. The topological polar surface area (TPSA) is 64.3 Å². The van der Waals surface area contributed by atoms with Gasteiger partial charge in [-0.2, -0.15) is 5.10 Å². The van der Waals surface area contributed by atoms with E-state index in [9.17, 15) is 4.79 Å². The van der Waals surface area contributed by atoms with Crippen molar-refractivity contribution in [2.24, 2.45) is 0 Å². The van der Waals surface area contributed by atoms with Gasteiger partial charge in [0.05, 0.1) is 13.2 Å². The van der Waals surface area contributed by atoms with E-state index in [-0.39, 0.29) is 6.42 Å². The van der Waals surface area contributed by atoms with Crippen LogP contribution in [0.2, 0.25) is 0 Å². The first-order valence-corrected chi connectivity index (χ1v) is 8.68. The molecule has 1 heterocycles. The lowest BCUT2D eigenvalue weighted by Gasteiger charge is -2.13. The Morgan fingerprint density at radius 2 is 1.88 bits per heavy atom. The molecule has 1 N–H and O–H groups in total. The lowest BCUT2D eigenvalue weighted by Crippen LogP contribution is -2.07. The van der Waals surface area contributed by atoms with E-state index in [4.69, 9.17) is 9.84 Å². The summed E-state index contributed by atoms with van der Waals surface area (Å²) in [4.78, 5) is 10.9. The maximum atomic E-state index is 10.9. The number of rotatable bonds is 9. The van der Waals surface area contributed by atoms with Gasteiger partial charge in [0.25, 0.3) is 0 Å². The minimum Gasteiger partial charge on any atom is -0.493 e. The first-order chi connectivity index (χ1) is 12.7. The third kappa shape index (κ3) is 5.21. The number of hydrogen-bond donors (Lipinski definition) is 1. The molecule has 0 amide bonds. The van der Waals surface area contributed by atoms with Crippen LogP contribution in [0.3, 0.4) is 0 Å². The lowest BCUT2D eigenvalue weighted by atomic mass is 10.1. The fourth-order valence-corrected chi connectivity index (χ4v) is 2.78. The summed E-state index contributed by atoms with van der Waals surface area (Å²) in [6.07, 6.45) is 5.01. The fourth-order valence-electron chi connectivity index (χ4n) is 2.78. The average Bonchev–Trinajstić information content (AvgIpc) is 3.15. The van der Waals surface area contributed by atoms with Gasteiger partial charge in [-0.05, 0) is 35.2 Å². The quantitative estimate of drug-likeness (QED) is 0.641. The van der Waals surface area contributed by atoms with Crippen LogP contribution in [-0.2, 0) is 24.2 Å². The van der Waals surface area contributed by atoms with Gasteiger partial charge in [-0.15, -0.1) is 0 Å². The average molecular weight is 350 g/mol. The SMILES string of the molecule is O=C(O)CCc1ccc(Cn2cccn2)cc1OCCc1ccccc1. The Morgan fingerprint density at radius 1 is 1.04 bits per heavy atom. The molecule has 0 aliphatic rings. The fraction of sp³-hybridized carbons (Fsp3) is 0.238. The summed E-state index contributed by atoms with van der Waals surface area (Å²) >= 11 is 0. The molecule has 0 fully saturated rings. The van der Waals surface area contributed by atoms with E-state index in [2.05, 4.69) is 17.2 Å². The highest BCUT2D eigenvalue weighted by atomic mass is 16.5. The van der Waals surface area contributed by atoms with E-state index in [1.54, 1.807) is 6.20 Å². The van der Waals surface area contributed by atoms with Crippen LogP contribution >= 0.6 is 0 Å². The number of benzene rings is 2. The third-order valence-electron chi connectivity index (χ3n) is 4.13. The van der Waals surface area contributed by atoms with Gasteiger partial charge >= 0.3 is 5.97 Å². The largest absolute Gasteiger partial charge is 0.493 e. The van der Waals surface area contributed by atoms with Crippen molar-refractivity contribution in [3.8, 4) is 5.75 Å². The number of aromatic nitrogens is 2. The van der Waals surface area contributed by atoms with Crippen LogP contribution in [0, 0.1) is 0 Å². The molecule has 0 bridgehead atoms. The van der Waals surface area contributed by atoms with Crippen molar-refractivity contribution in [3.05, 3.63) is 83.7 Å². The molecule has 1 aromatic heterocycles. The molecular formula is C21H22N2O3. The summed E-state index contributed by atoms with van der Waals surface area (Å²) in [5.74, 6) is -0.0484. The molecule has 0 saturated heterocycles. The van der Waals surface area contributed by atoms with Gasteiger partial charge in [0.1, 0.15) is 5.75 Å². The predicted molar refractivity (Wildman–Crippen MR) is 99.4 cm³/mol. The van der Waals surface area contributed by atoms with Crippen molar-refractivity contribution in [2.75, 3.05) is 6.61 Å². The summed E-state index contributed by atoms with van der Waals surface area (Å²) in [5.41, 5.74) is 3.21. The Bertz CT molecular complexity index is 830. The second kappa shape index (κ2) is 8.85. The molecule has 0 spiro atoms. The molecule has 134 valence electrons. The third-order valence-corrected chi connectivity index (χ3v) is 4.13. The molecule has 3 aromatic rings. The molecular weight excluding hydrogens is 328 g/mol. The molecule has 26 heavy (non-hydrogen) atoms. The first-order valence-electron chi connectivity index (χ1n) is 8.68. The zero-order valence-electron chi connectivity index (χ0n) is 14.5. The number of aryl methyl sites for hydroxylation is 1. The minimum atomic E-state index is -0.805. The zero-order chi connectivity index (χ0) is 18.2. The number of aliphatic carboxylic acids is 1. The molecule has 0 aliphatic carbocycles. The standard InChI is InChI=1S/C21H22N2O3/c24-21(25)10-9-19-8-7-18(16-23-13-4-12-22-23)15-20(19)26-14-11-17-5-2-1-3-6-17/h1-8,12-13,15H,9-11,14,16H2,(H,24,25). The Morgan fingerprint density at radius 3 is 2.62 bits per heavy atom. The van der Waals surface area contributed by atoms with Crippen molar-refractivity contribution in [1.29, 1.82) is 0 Å². The van der Waals surface area contributed by atoms with Crippen LogP contribution < -0.4 is 4.74 Å². The lowest BCUT2D eigenvalue weighted by molar-refractivity contribution is -0.136. The van der Waals surface area contributed by atoms with Crippen molar-refractivity contribution in [1.82, 2.24) is 9.78 Å². The first kappa shape index (κ1) is 17.7. The van der Waals surface area contributed by atoms with Crippen molar-refractivity contribution in [3.63, 3.8) is 0 Å². The highest BCUT2D eigenvalue weighted by Crippen LogP contribution is 2.23. The maximum Gasteiger partial charge on any atom is 0.303 e. The van der Waals surface area contributed by atoms with Gasteiger partial charge in [-0.3, -0.25) is 9.48 Å². The highest BCUT2D eigenvalue weighted by Gasteiger charge is 2.09. The smallest absolute Gasteiger partial charge is 0.303 e. The number of carboxylic acids is 1. The molecule has 2 aromatic carbocycles. The van der Waals surface area contributed by atoms with Crippen molar-refractivity contribution < 1.29 is 14.6 Å². The van der Waals surface area contributed by atoms with Gasteiger partial charge in [0, 0.05) is 25.2 Å². The molecule has 0 unspecified atom stereocenters. The van der Waals surface area contributed by atoms with Gasteiger partial charge < -0.3 is 9.84 Å². The van der Waals surface area contributed by atoms with Gasteiger partial charge in [-0.25, -0.2) is 0 Å². The van der Waals surface area contributed by atoms with Gasteiger partial charge in [0.15, 0.2) is 0 Å². The van der Waals surface area contributed by atoms with E-state index in [0.717, 1.165) is 23.3 Å². The monoisotopic (exact) mass is 350 g/mol. The van der Waals surface area contributed by atoms with E-state index < -0.39 is 5.97 Å². The summed E-state index contributed by atoms with van der Waals surface area (Å²) < 4.78 is 7.86. The van der Waals surface area contributed by atoms with Crippen LogP contribution in [0.15, 0.2) is 67.0 Å². The number of hydrogen-bond acceptors (Lipinski definition) is 3. The van der Waals surface area contributed by atoms with E-state index in [1.807, 2.05) is 53.3 Å². The van der Waals surface area contributed by atoms with Crippen molar-refractivity contribution >= 4 is 5.97 Å². The number of ether oxygens (including phenoxy) is 1. The summed E-state index contributed by atoms with van der Waals surface area (Å²) in [5, 5.41) is 13.2. The second-order valence-electron chi connectivity index (χ2n) is 6.12. The van der Waals surface area contributed by atoms with Gasteiger partial charge in [0.2, 0.25) is 0 Å². The van der Waals surface area contributed by atoms with Crippen molar-refractivity contribution in [2.45, 2.75) is 25.8 Å². The summed E-state index contributed by atoms with van der Waals surface area (Å²) in [6, 6.07) is 18.0. The zero-order valence-corrected chi connectivity index (χ0v) is 14.5. The predicted octanol–water partition coefficient (Wildman–Crippen LogP) is 3.57. The van der Waals surface area contributed by atoms with E-state index in [1.165, 1.54) is 5.56 Å². The van der Waals surface area contributed by atoms with Crippen LogP contribution in [0.25, 0.3) is 0 Å². The Balaban J connectivity index is 1.70. The minimum absolute atomic E-state index is 0.0908. The van der Waals surface area contributed by atoms with Crippen LogP contribution in [0.1, 0.15) is 23.1 Å². The van der Waals surface area contributed by atoms with Gasteiger partial charge in [-0.1, -0.05) is 42.5 Å². The molecule has 5 nitrogen and oxygen atoms in total. The molecule has 0 aliphatic heterocycles. The van der Waals surface area contributed by atoms with Crippen LogP contribution in [-0.4, -0.2) is 27.5 Å². The van der Waals surface area contributed by atoms with E-state index >= 15 is 0 Å². The Kier molecular flexibility index (Phi) is 6.04. The van der Waals surface area contributed by atoms with E-state index in [0.29, 0.717) is 19.6 Å².